The molecule has 146 valence electrons. The number of nitrogens with zero attached hydrogens (tertiary/aromatic N) is 1. The van der Waals surface area contributed by atoms with Crippen LogP contribution in [-0.2, 0) is 14.8 Å². The SMILES string of the molecule is COCC(C)NS(=O)(=O)C1=C(N2CCCCC2)C(=O)c2ccccc2C1=O. The van der Waals surface area contributed by atoms with E-state index in [1.165, 1.54) is 13.2 Å². The van der Waals surface area contributed by atoms with Crippen molar-refractivity contribution in [3.8, 4) is 0 Å². The average molecular weight is 392 g/mol. The Bertz CT molecular complexity index is 885. The third kappa shape index (κ3) is 3.83. The van der Waals surface area contributed by atoms with Crippen LogP contribution in [0.4, 0.5) is 0 Å². The molecule has 0 spiro atoms. The van der Waals surface area contributed by atoms with E-state index in [0.717, 1.165) is 19.3 Å². The molecule has 1 saturated heterocycles. The highest BCUT2D eigenvalue weighted by atomic mass is 32.2. The molecule has 8 heteroatoms. The number of nitrogens with one attached hydrogen (secondary N) is 1. The highest BCUT2D eigenvalue weighted by Gasteiger charge is 2.41. The molecule has 0 amide bonds. The van der Waals surface area contributed by atoms with Crippen LogP contribution in [0.2, 0.25) is 0 Å². The Hall–Kier alpha value is -2.03. The maximum Gasteiger partial charge on any atom is 0.247 e. The summed E-state index contributed by atoms with van der Waals surface area (Å²) in [7, 11) is -2.72. The number of rotatable bonds is 6. The summed E-state index contributed by atoms with van der Waals surface area (Å²) in [5.41, 5.74) is 0.380. The van der Waals surface area contributed by atoms with Crippen LogP contribution in [0.25, 0.3) is 0 Å². The van der Waals surface area contributed by atoms with E-state index < -0.39 is 32.5 Å². The van der Waals surface area contributed by atoms with Crippen molar-refractivity contribution in [2.24, 2.45) is 0 Å². The van der Waals surface area contributed by atoms with Crippen molar-refractivity contribution < 1.29 is 22.7 Å². The van der Waals surface area contributed by atoms with E-state index in [1.807, 2.05) is 0 Å². The van der Waals surface area contributed by atoms with Gasteiger partial charge in [0, 0.05) is 37.4 Å². The molecule has 1 atom stereocenters. The van der Waals surface area contributed by atoms with Crippen LogP contribution < -0.4 is 4.72 Å². The molecule has 3 rings (SSSR count). The normalized spacial score (nSPS) is 19.3. The molecular formula is C19H24N2O5S. The number of sulfonamides is 1. The highest BCUT2D eigenvalue weighted by Crippen LogP contribution is 2.32. The van der Waals surface area contributed by atoms with Crippen LogP contribution in [0.5, 0.6) is 0 Å². The van der Waals surface area contributed by atoms with Gasteiger partial charge in [0.2, 0.25) is 21.6 Å². The van der Waals surface area contributed by atoms with Gasteiger partial charge in [-0.1, -0.05) is 24.3 Å². The molecule has 27 heavy (non-hydrogen) atoms. The van der Waals surface area contributed by atoms with Crippen LogP contribution in [0.1, 0.15) is 46.9 Å². The van der Waals surface area contributed by atoms with Gasteiger partial charge in [0.15, 0.2) is 4.91 Å². The second-order valence-corrected chi connectivity index (χ2v) is 8.56. The molecule has 7 nitrogen and oxygen atoms in total. The van der Waals surface area contributed by atoms with Gasteiger partial charge in [0.25, 0.3) is 0 Å². The second-order valence-electron chi connectivity index (χ2n) is 6.91. The molecule has 0 aromatic heterocycles. The number of hydrogen-bond donors (Lipinski definition) is 1. The van der Waals surface area contributed by atoms with Crippen molar-refractivity contribution in [2.75, 3.05) is 26.8 Å². The predicted octanol–water partition coefficient (Wildman–Crippen LogP) is 1.72. The van der Waals surface area contributed by atoms with Gasteiger partial charge >= 0.3 is 0 Å². The first kappa shape index (κ1) is 19.7. The number of likely N-dealkylation sites (tertiary alicyclic amines) is 1. The van der Waals surface area contributed by atoms with Crippen molar-refractivity contribution in [1.29, 1.82) is 0 Å². The molecule has 1 fully saturated rings. The van der Waals surface area contributed by atoms with E-state index in [2.05, 4.69) is 4.72 Å². The number of benzene rings is 1. The molecule has 1 heterocycles. The van der Waals surface area contributed by atoms with Crippen LogP contribution in [-0.4, -0.2) is 57.7 Å². The zero-order valence-electron chi connectivity index (χ0n) is 15.5. The second kappa shape index (κ2) is 7.92. The van der Waals surface area contributed by atoms with Crippen LogP contribution in [0.3, 0.4) is 0 Å². The number of allylic oxidation sites excluding steroid dienone is 2. The van der Waals surface area contributed by atoms with Gasteiger partial charge in [-0.3, -0.25) is 9.59 Å². The van der Waals surface area contributed by atoms with Crippen LogP contribution in [0.15, 0.2) is 34.9 Å². The lowest BCUT2D eigenvalue weighted by Crippen LogP contribution is -2.44. The van der Waals surface area contributed by atoms with Crippen molar-refractivity contribution in [3.05, 3.63) is 46.0 Å². The van der Waals surface area contributed by atoms with Crippen molar-refractivity contribution in [1.82, 2.24) is 9.62 Å². The number of ether oxygens (including phenoxy) is 1. The first-order valence-corrected chi connectivity index (χ1v) is 10.5. The van der Waals surface area contributed by atoms with Gasteiger partial charge < -0.3 is 9.64 Å². The summed E-state index contributed by atoms with van der Waals surface area (Å²) < 4.78 is 33.6. The minimum Gasteiger partial charge on any atom is -0.383 e. The molecule has 0 bridgehead atoms. The molecule has 0 radical (unpaired) electrons. The molecule has 1 aromatic carbocycles. The minimum atomic E-state index is -4.19. The Kier molecular flexibility index (Phi) is 5.78. The standard InChI is InChI=1S/C19H24N2O5S/c1-13(12-26-2)20-27(24,25)19-16(21-10-6-3-7-11-21)17(22)14-8-4-5-9-15(14)18(19)23/h4-5,8-9,13,20H,3,6-7,10-12H2,1-2H3. The fraction of sp³-hybridized carbons (Fsp3) is 0.474. The molecule has 0 saturated carbocycles. The first-order chi connectivity index (χ1) is 12.9. The van der Waals surface area contributed by atoms with Gasteiger partial charge in [0.05, 0.1) is 6.61 Å². The largest absolute Gasteiger partial charge is 0.383 e. The number of piperidine rings is 1. The van der Waals surface area contributed by atoms with E-state index in [9.17, 15) is 18.0 Å². The Morgan fingerprint density at radius 1 is 1.07 bits per heavy atom. The molecule has 1 unspecified atom stereocenters. The van der Waals surface area contributed by atoms with Crippen molar-refractivity contribution in [3.63, 3.8) is 0 Å². The van der Waals surface area contributed by atoms with E-state index in [-0.39, 0.29) is 23.4 Å². The lowest BCUT2D eigenvalue weighted by molar-refractivity contribution is 0.0939. The molecule has 1 aliphatic heterocycles. The smallest absolute Gasteiger partial charge is 0.247 e. The molecular weight excluding hydrogens is 368 g/mol. The van der Waals surface area contributed by atoms with Crippen molar-refractivity contribution >= 4 is 21.6 Å². The molecule has 1 N–H and O–H groups in total. The molecule has 1 aliphatic carbocycles. The maximum atomic E-state index is 13.2. The Labute approximate surface area is 159 Å². The number of Topliss-reactive ketones (excluding diaryl/α,β-unsaturated/α-hetero) is 2. The fourth-order valence-corrected chi connectivity index (χ4v) is 5.15. The summed E-state index contributed by atoms with van der Waals surface area (Å²) in [6.45, 7) is 2.92. The quantitative estimate of drug-likeness (QED) is 0.792. The summed E-state index contributed by atoms with van der Waals surface area (Å²) >= 11 is 0. The Balaban J connectivity index is 2.14. The first-order valence-electron chi connectivity index (χ1n) is 9.05. The van der Waals surface area contributed by atoms with Gasteiger partial charge in [-0.25, -0.2) is 13.1 Å². The number of hydrogen-bond acceptors (Lipinski definition) is 6. The Morgan fingerprint density at radius 2 is 1.67 bits per heavy atom. The summed E-state index contributed by atoms with van der Waals surface area (Å²) in [5, 5.41) is 0. The Morgan fingerprint density at radius 3 is 2.26 bits per heavy atom. The van der Waals surface area contributed by atoms with E-state index >= 15 is 0 Å². The summed E-state index contributed by atoms with van der Waals surface area (Å²) in [5.74, 6) is -1.05. The zero-order chi connectivity index (χ0) is 19.6. The summed E-state index contributed by atoms with van der Waals surface area (Å²) in [6, 6.07) is 5.84. The lowest BCUT2D eigenvalue weighted by atomic mass is 9.91. The maximum absolute atomic E-state index is 13.2. The number of carbonyl (C=O) groups is 2. The van der Waals surface area contributed by atoms with Gasteiger partial charge in [-0.15, -0.1) is 0 Å². The van der Waals surface area contributed by atoms with Gasteiger partial charge in [-0.05, 0) is 26.2 Å². The molecule has 2 aliphatic rings. The molecule has 1 aromatic rings. The van der Waals surface area contributed by atoms with E-state index in [1.54, 1.807) is 30.0 Å². The van der Waals surface area contributed by atoms with E-state index in [0.29, 0.717) is 13.1 Å². The number of methoxy groups -OCH3 is 1. The van der Waals surface area contributed by atoms with Gasteiger partial charge in [0.1, 0.15) is 5.70 Å². The minimum absolute atomic E-state index is 0.00415. The van der Waals surface area contributed by atoms with Crippen molar-refractivity contribution in [2.45, 2.75) is 32.2 Å². The lowest BCUT2D eigenvalue weighted by Gasteiger charge is -2.34. The third-order valence-electron chi connectivity index (χ3n) is 4.77. The predicted molar refractivity (Wildman–Crippen MR) is 101 cm³/mol. The summed E-state index contributed by atoms with van der Waals surface area (Å²) in [6.07, 6.45) is 2.73. The topological polar surface area (TPSA) is 92.8 Å². The van der Waals surface area contributed by atoms with Crippen LogP contribution in [0, 0.1) is 0 Å². The third-order valence-corrected chi connectivity index (χ3v) is 6.40. The summed E-state index contributed by atoms with van der Waals surface area (Å²) in [4.78, 5) is 27.6. The van der Waals surface area contributed by atoms with Gasteiger partial charge in [-0.2, -0.15) is 0 Å². The van der Waals surface area contributed by atoms with Crippen LogP contribution >= 0.6 is 0 Å². The number of ketones is 2. The zero-order valence-corrected chi connectivity index (χ0v) is 16.3. The van der Waals surface area contributed by atoms with E-state index in [4.69, 9.17) is 4.74 Å². The monoisotopic (exact) mass is 392 g/mol. The highest BCUT2D eigenvalue weighted by molar-refractivity contribution is 7.94. The number of carbonyl (C=O) groups excluding carboxylic acids is 2. The average Bonchev–Trinajstić information content (AvgIpc) is 2.64. The number of fused-ring (bicyclic) bond motifs is 1. The fourth-order valence-electron chi connectivity index (χ4n) is 3.60.